The topological polar surface area (TPSA) is 70.2 Å². The van der Waals surface area contributed by atoms with Crippen LogP contribution in [0.25, 0.3) is 0 Å². The largest absolute Gasteiger partial charge is 0.353 e. The lowest BCUT2D eigenvalue weighted by Crippen LogP contribution is -2.48. The molecule has 2 amide bonds. The van der Waals surface area contributed by atoms with Gasteiger partial charge in [0.1, 0.15) is 0 Å². The highest BCUT2D eigenvalue weighted by Gasteiger charge is 2.32. The van der Waals surface area contributed by atoms with E-state index in [0.29, 0.717) is 12.5 Å². The average molecular weight is 307 g/mol. The molecule has 22 heavy (non-hydrogen) atoms. The number of hydrogen-bond acceptors (Lipinski definition) is 3. The molecule has 2 rings (SSSR count). The van der Waals surface area contributed by atoms with Gasteiger partial charge in [0.2, 0.25) is 11.8 Å². The van der Waals surface area contributed by atoms with Gasteiger partial charge in [-0.1, -0.05) is 25.8 Å². The molecule has 1 heterocycles. The van der Waals surface area contributed by atoms with Gasteiger partial charge < -0.3 is 16.0 Å². The molecule has 0 aromatic rings. The van der Waals surface area contributed by atoms with Crippen molar-refractivity contribution in [1.29, 1.82) is 0 Å². The summed E-state index contributed by atoms with van der Waals surface area (Å²) < 4.78 is 0. The zero-order valence-corrected chi connectivity index (χ0v) is 13.6. The highest BCUT2D eigenvalue weighted by Crippen LogP contribution is 2.20. The second-order valence-electron chi connectivity index (χ2n) is 6.51. The van der Waals surface area contributed by atoms with E-state index < -0.39 is 0 Å². The van der Waals surface area contributed by atoms with Gasteiger partial charge >= 0.3 is 0 Å². The fourth-order valence-electron chi connectivity index (χ4n) is 2.97. The molecule has 1 saturated carbocycles. The number of amides is 2. The van der Waals surface area contributed by atoms with E-state index in [2.05, 4.69) is 29.5 Å². The van der Waals surface area contributed by atoms with E-state index in [1.165, 1.54) is 0 Å². The number of carbonyl (C=O) groups is 2. The van der Waals surface area contributed by atoms with Crippen LogP contribution >= 0.6 is 0 Å². The third-order valence-corrected chi connectivity index (χ3v) is 4.48. The first kappa shape index (κ1) is 17.0. The molecule has 124 valence electrons. The molecule has 1 saturated heterocycles. The van der Waals surface area contributed by atoms with Crippen LogP contribution in [0.5, 0.6) is 0 Å². The van der Waals surface area contributed by atoms with Gasteiger partial charge in [-0.2, -0.15) is 0 Å². The number of nitrogens with one attached hydrogen (secondary N) is 3. The highest BCUT2D eigenvalue weighted by molar-refractivity contribution is 5.84. The Morgan fingerprint density at radius 3 is 2.77 bits per heavy atom. The molecule has 0 radical (unpaired) electrons. The Balaban J connectivity index is 1.85. The minimum absolute atomic E-state index is 0.00252. The van der Waals surface area contributed by atoms with Crippen molar-refractivity contribution < 1.29 is 9.59 Å². The van der Waals surface area contributed by atoms with Crippen molar-refractivity contribution in [3.05, 3.63) is 12.7 Å². The van der Waals surface area contributed by atoms with Crippen molar-refractivity contribution in [3.63, 3.8) is 0 Å². The molecule has 0 aromatic carbocycles. The normalized spacial score (nSPS) is 25.5. The monoisotopic (exact) mass is 307 g/mol. The Bertz CT molecular complexity index is 407. The number of carbonyl (C=O) groups excluding carboxylic acids is 2. The lowest BCUT2D eigenvalue weighted by Gasteiger charge is -2.22. The van der Waals surface area contributed by atoms with E-state index >= 15 is 0 Å². The van der Waals surface area contributed by atoms with Crippen molar-refractivity contribution in [2.75, 3.05) is 6.54 Å². The van der Waals surface area contributed by atoms with Gasteiger partial charge in [0.05, 0.1) is 6.04 Å². The van der Waals surface area contributed by atoms with Crippen molar-refractivity contribution in [3.8, 4) is 0 Å². The van der Waals surface area contributed by atoms with E-state index in [0.717, 1.165) is 45.1 Å². The zero-order chi connectivity index (χ0) is 15.9. The number of hydrogen-bond donors (Lipinski definition) is 3. The van der Waals surface area contributed by atoms with Crippen LogP contribution in [0.2, 0.25) is 0 Å². The van der Waals surface area contributed by atoms with Gasteiger partial charge in [-0.15, -0.1) is 6.58 Å². The van der Waals surface area contributed by atoms with Crippen molar-refractivity contribution in [2.24, 2.45) is 5.92 Å². The van der Waals surface area contributed by atoms with E-state index in [1.807, 2.05) is 6.08 Å². The first-order valence-electron chi connectivity index (χ1n) is 8.59. The fourth-order valence-corrected chi connectivity index (χ4v) is 2.97. The van der Waals surface area contributed by atoms with Crippen molar-refractivity contribution in [2.45, 2.75) is 70.0 Å². The third-order valence-electron chi connectivity index (χ3n) is 4.48. The summed E-state index contributed by atoms with van der Waals surface area (Å²) in [6, 6.07) is 0.101. The van der Waals surface area contributed by atoms with E-state index in [-0.39, 0.29) is 29.8 Å². The summed E-state index contributed by atoms with van der Waals surface area (Å²) in [5, 5.41) is 9.30. The van der Waals surface area contributed by atoms with E-state index in [1.54, 1.807) is 0 Å². The summed E-state index contributed by atoms with van der Waals surface area (Å²) in [6.45, 7) is 6.77. The van der Waals surface area contributed by atoms with E-state index in [9.17, 15) is 9.59 Å². The number of rotatable bonds is 9. The molecular formula is C17H29N3O2. The van der Waals surface area contributed by atoms with Gasteiger partial charge in [0.15, 0.2) is 0 Å². The Kier molecular flexibility index (Phi) is 6.43. The molecule has 3 N–H and O–H groups in total. The molecule has 2 aliphatic rings. The summed E-state index contributed by atoms with van der Waals surface area (Å²) in [7, 11) is 0. The lowest BCUT2D eigenvalue weighted by atomic mass is 9.99. The van der Waals surface area contributed by atoms with Gasteiger partial charge in [-0.25, -0.2) is 0 Å². The highest BCUT2D eigenvalue weighted by atomic mass is 16.2. The van der Waals surface area contributed by atoms with E-state index in [4.69, 9.17) is 0 Å². The maximum Gasteiger partial charge on any atom is 0.237 e. The summed E-state index contributed by atoms with van der Waals surface area (Å²) in [6.07, 6.45) is 8.29. The average Bonchev–Trinajstić information content (AvgIpc) is 3.17. The second kappa shape index (κ2) is 8.32. The minimum atomic E-state index is -0.201. The van der Waals surface area contributed by atoms with Crippen LogP contribution in [0, 0.1) is 5.92 Å². The zero-order valence-electron chi connectivity index (χ0n) is 13.6. The number of unbranched alkanes of at least 4 members (excludes halogenated alkanes) is 1. The van der Waals surface area contributed by atoms with Gasteiger partial charge in [0.25, 0.3) is 0 Å². The Morgan fingerprint density at radius 1 is 1.36 bits per heavy atom. The fraction of sp³-hybridized carbons (Fsp3) is 0.765. The Morgan fingerprint density at radius 2 is 2.14 bits per heavy atom. The quantitative estimate of drug-likeness (QED) is 0.565. The molecule has 1 aliphatic carbocycles. The molecule has 3 unspecified atom stereocenters. The summed E-state index contributed by atoms with van der Waals surface area (Å²) in [5.41, 5.74) is 0. The van der Waals surface area contributed by atoms with Crippen LogP contribution < -0.4 is 16.0 Å². The minimum Gasteiger partial charge on any atom is -0.353 e. The van der Waals surface area contributed by atoms with Crippen molar-refractivity contribution >= 4 is 11.8 Å². The van der Waals surface area contributed by atoms with Gasteiger partial charge in [-0.05, 0) is 32.2 Å². The van der Waals surface area contributed by atoms with Gasteiger partial charge in [0, 0.05) is 24.4 Å². The first-order valence-corrected chi connectivity index (χ1v) is 8.59. The molecule has 2 fully saturated rings. The van der Waals surface area contributed by atoms with Crippen LogP contribution in [0.15, 0.2) is 12.7 Å². The maximum atomic E-state index is 12.5. The van der Waals surface area contributed by atoms with Crippen molar-refractivity contribution in [1.82, 2.24) is 16.0 Å². The maximum absolute atomic E-state index is 12.5. The molecule has 5 heteroatoms. The molecule has 3 atom stereocenters. The second-order valence-corrected chi connectivity index (χ2v) is 6.51. The van der Waals surface area contributed by atoms with Crippen LogP contribution in [-0.4, -0.2) is 36.5 Å². The third kappa shape index (κ3) is 5.13. The molecule has 1 aliphatic heterocycles. The Labute approximate surface area is 133 Å². The van der Waals surface area contributed by atoms with Crippen LogP contribution in [0.4, 0.5) is 0 Å². The van der Waals surface area contributed by atoms with Gasteiger partial charge in [-0.3, -0.25) is 9.59 Å². The van der Waals surface area contributed by atoms with Crippen LogP contribution in [-0.2, 0) is 9.59 Å². The van der Waals surface area contributed by atoms with Crippen LogP contribution in [0.1, 0.15) is 51.9 Å². The standard InChI is InChI=1S/C17H29N3O2/c1-3-5-6-14(11-15(21)19-13-7-8-13)20-17(22)16-12(4-2)9-10-18-16/h4,12-14,16,18H,2-3,5-11H2,1H3,(H,19,21)(H,20,22). The summed E-state index contributed by atoms with van der Waals surface area (Å²) in [5.74, 6) is 0.249. The molecule has 5 nitrogen and oxygen atoms in total. The SMILES string of the molecule is C=CC1CCNC1C(=O)NC(CCCC)CC(=O)NC1CC1. The predicted octanol–water partition coefficient (Wildman–Crippen LogP) is 1.49. The molecular weight excluding hydrogens is 278 g/mol. The summed E-state index contributed by atoms with van der Waals surface area (Å²) >= 11 is 0. The lowest BCUT2D eigenvalue weighted by molar-refractivity contribution is -0.125. The smallest absolute Gasteiger partial charge is 0.237 e. The van der Waals surface area contributed by atoms with Crippen LogP contribution in [0.3, 0.4) is 0 Å². The molecule has 0 bridgehead atoms. The predicted molar refractivity (Wildman–Crippen MR) is 87.3 cm³/mol. The molecule has 0 spiro atoms. The summed E-state index contributed by atoms with van der Waals surface area (Å²) in [4.78, 5) is 24.4. The first-order chi connectivity index (χ1) is 10.6. The molecule has 0 aromatic heterocycles. The Hall–Kier alpha value is -1.36.